The molecule has 5 rings (SSSR count). The third-order valence-electron chi connectivity index (χ3n) is 7.68. The molecule has 0 radical (unpaired) electrons. The van der Waals surface area contributed by atoms with Crippen LogP contribution in [0.2, 0.25) is 0 Å². The minimum Gasteiger partial charge on any atom is -0.331 e. The lowest BCUT2D eigenvalue weighted by atomic mass is 9.78. The Labute approximate surface area is 208 Å². The van der Waals surface area contributed by atoms with Gasteiger partial charge in [-0.2, -0.15) is 0 Å². The fourth-order valence-corrected chi connectivity index (χ4v) is 5.86. The van der Waals surface area contributed by atoms with E-state index in [1.165, 1.54) is 28.0 Å². The van der Waals surface area contributed by atoms with Crippen LogP contribution in [0.15, 0.2) is 89.6 Å². The summed E-state index contributed by atoms with van der Waals surface area (Å²) in [6, 6.07) is 14.5. The maximum absolute atomic E-state index is 13.0. The van der Waals surface area contributed by atoms with E-state index in [0.717, 1.165) is 24.9 Å². The highest BCUT2D eigenvalue weighted by Gasteiger charge is 2.39. The molecule has 35 heavy (non-hydrogen) atoms. The normalized spacial score (nSPS) is 21.5. The van der Waals surface area contributed by atoms with Gasteiger partial charge in [0.15, 0.2) is 0 Å². The average molecular weight is 470 g/mol. The Balaban J connectivity index is 1.41. The van der Waals surface area contributed by atoms with E-state index in [9.17, 15) is 4.79 Å². The Bertz CT molecular complexity index is 1150. The molecule has 1 aromatic heterocycles. The van der Waals surface area contributed by atoms with Crippen LogP contribution in [0.5, 0.6) is 0 Å². The molecule has 0 saturated carbocycles. The summed E-state index contributed by atoms with van der Waals surface area (Å²) in [5.41, 5.74) is 11.2. The predicted molar refractivity (Wildman–Crippen MR) is 140 cm³/mol. The number of benzene rings is 1. The van der Waals surface area contributed by atoms with E-state index in [0.29, 0.717) is 24.9 Å². The average Bonchev–Trinajstić information content (AvgIpc) is 3.50. The molecule has 1 aromatic carbocycles. The molecular formula is C29H35N5O. The van der Waals surface area contributed by atoms with Gasteiger partial charge in [0, 0.05) is 37.0 Å². The van der Waals surface area contributed by atoms with Crippen molar-refractivity contribution >= 4 is 11.7 Å². The molecule has 0 spiro atoms. The summed E-state index contributed by atoms with van der Waals surface area (Å²) in [6.07, 6.45) is 11.3. The van der Waals surface area contributed by atoms with Crippen molar-refractivity contribution in [3.8, 4) is 0 Å². The molecule has 2 heterocycles. The summed E-state index contributed by atoms with van der Waals surface area (Å²) < 4.78 is 0. The molecule has 2 N–H and O–H groups in total. The fourth-order valence-electron chi connectivity index (χ4n) is 5.86. The summed E-state index contributed by atoms with van der Waals surface area (Å²) in [5.74, 6) is 0.773. The standard InChI is InChI=1S/C29H35N5O/c1-4-33(5-2)29(35)32-26(21-10-7-6-8-11-21)16-22-13-14-23-17-27-25(20(3)28(22)23)19-31-34(27)24-12-9-15-30-18-24/h6-12,15,17-20,22,26,31H,4-5,13-14,16H2,1-3H3,(H,32,35)/t20-,22+,26?/m0/s1. The molecule has 3 aliphatic rings. The Morgan fingerprint density at radius 2 is 2.00 bits per heavy atom. The Hall–Kier alpha value is -3.54. The lowest BCUT2D eigenvalue weighted by Gasteiger charge is -2.32. The SMILES string of the molecule is CCN(CC)C(=O)NC(C[C@H]1CCC2=C1[C@@H](C)C1=CNN(c3cccnc3)C1=C2)c1ccccc1. The Morgan fingerprint density at radius 3 is 2.71 bits per heavy atom. The summed E-state index contributed by atoms with van der Waals surface area (Å²) >= 11 is 0. The first-order chi connectivity index (χ1) is 17.1. The van der Waals surface area contributed by atoms with Crippen molar-refractivity contribution in [3.63, 3.8) is 0 Å². The van der Waals surface area contributed by atoms with Gasteiger partial charge in [-0.05, 0) is 68.4 Å². The lowest BCUT2D eigenvalue weighted by molar-refractivity contribution is 0.197. The van der Waals surface area contributed by atoms with Crippen LogP contribution in [0, 0.1) is 11.8 Å². The molecule has 0 bridgehead atoms. The second-order valence-electron chi connectivity index (χ2n) is 9.56. The number of allylic oxidation sites excluding steroid dienone is 4. The largest absolute Gasteiger partial charge is 0.331 e. The Morgan fingerprint density at radius 1 is 1.20 bits per heavy atom. The number of carbonyl (C=O) groups is 1. The molecule has 3 atom stereocenters. The number of pyridine rings is 1. The van der Waals surface area contributed by atoms with Gasteiger partial charge in [0.1, 0.15) is 0 Å². The second kappa shape index (κ2) is 9.98. The van der Waals surface area contributed by atoms with Gasteiger partial charge >= 0.3 is 6.03 Å². The minimum absolute atomic E-state index is 0.0127. The fraction of sp³-hybridized carbons (Fsp3) is 0.379. The van der Waals surface area contributed by atoms with Crippen LogP contribution in [0.3, 0.4) is 0 Å². The van der Waals surface area contributed by atoms with E-state index in [1.807, 2.05) is 37.1 Å². The summed E-state index contributed by atoms with van der Waals surface area (Å²) in [4.78, 5) is 19.1. The molecule has 6 nitrogen and oxygen atoms in total. The molecule has 1 aliphatic heterocycles. The summed E-state index contributed by atoms with van der Waals surface area (Å²) in [5, 5.41) is 5.49. The number of fused-ring (bicyclic) bond motifs is 1. The molecule has 2 amide bonds. The molecular weight excluding hydrogens is 434 g/mol. The van der Waals surface area contributed by atoms with E-state index in [1.54, 1.807) is 6.20 Å². The van der Waals surface area contributed by atoms with E-state index in [4.69, 9.17) is 0 Å². The smallest absolute Gasteiger partial charge is 0.317 e. The van der Waals surface area contributed by atoms with Crippen LogP contribution >= 0.6 is 0 Å². The topological polar surface area (TPSA) is 60.5 Å². The van der Waals surface area contributed by atoms with Crippen molar-refractivity contribution in [1.29, 1.82) is 0 Å². The number of rotatable bonds is 7. The zero-order chi connectivity index (χ0) is 24.4. The van der Waals surface area contributed by atoms with Crippen LogP contribution < -0.4 is 15.8 Å². The zero-order valence-corrected chi connectivity index (χ0v) is 20.9. The summed E-state index contributed by atoms with van der Waals surface area (Å²) in [6.45, 7) is 7.80. The molecule has 2 aromatic rings. The van der Waals surface area contributed by atoms with Gasteiger partial charge < -0.3 is 15.6 Å². The van der Waals surface area contributed by atoms with Crippen LogP contribution in [-0.2, 0) is 0 Å². The number of hydrogen-bond donors (Lipinski definition) is 2. The lowest BCUT2D eigenvalue weighted by Crippen LogP contribution is -2.42. The number of carbonyl (C=O) groups excluding carboxylic acids is 1. The number of anilines is 1. The highest BCUT2D eigenvalue weighted by atomic mass is 16.2. The third-order valence-corrected chi connectivity index (χ3v) is 7.68. The van der Waals surface area contributed by atoms with Gasteiger partial charge in [0.2, 0.25) is 0 Å². The first kappa shape index (κ1) is 23.2. The second-order valence-corrected chi connectivity index (χ2v) is 9.56. The molecule has 182 valence electrons. The predicted octanol–water partition coefficient (Wildman–Crippen LogP) is 5.71. The highest BCUT2D eigenvalue weighted by Crippen LogP contribution is 2.49. The quantitative estimate of drug-likeness (QED) is 0.545. The molecule has 0 saturated heterocycles. The number of hydrazine groups is 1. The van der Waals surface area contributed by atoms with Gasteiger partial charge in [0.05, 0.1) is 23.6 Å². The third kappa shape index (κ3) is 4.45. The van der Waals surface area contributed by atoms with Gasteiger partial charge in [-0.15, -0.1) is 0 Å². The number of nitrogens with zero attached hydrogens (tertiary/aromatic N) is 3. The number of urea groups is 1. The van der Waals surface area contributed by atoms with Crippen molar-refractivity contribution in [2.75, 3.05) is 18.1 Å². The van der Waals surface area contributed by atoms with Crippen LogP contribution in [-0.4, -0.2) is 29.0 Å². The monoisotopic (exact) mass is 469 g/mol. The molecule has 6 heteroatoms. The van der Waals surface area contributed by atoms with Gasteiger partial charge in [-0.25, -0.2) is 4.79 Å². The molecule has 2 aliphatic carbocycles. The number of aromatic nitrogens is 1. The first-order valence-corrected chi connectivity index (χ1v) is 12.8. The van der Waals surface area contributed by atoms with E-state index < -0.39 is 0 Å². The number of amides is 2. The van der Waals surface area contributed by atoms with Crippen molar-refractivity contribution in [2.45, 2.75) is 46.1 Å². The van der Waals surface area contributed by atoms with Crippen molar-refractivity contribution in [3.05, 3.63) is 95.1 Å². The van der Waals surface area contributed by atoms with E-state index in [2.05, 4.69) is 70.3 Å². The molecule has 1 unspecified atom stereocenters. The van der Waals surface area contributed by atoms with Crippen LogP contribution in [0.1, 0.15) is 51.6 Å². The number of hydrogen-bond acceptors (Lipinski definition) is 4. The number of nitrogens with one attached hydrogen (secondary N) is 2. The van der Waals surface area contributed by atoms with E-state index >= 15 is 0 Å². The summed E-state index contributed by atoms with van der Waals surface area (Å²) in [7, 11) is 0. The first-order valence-electron chi connectivity index (χ1n) is 12.8. The van der Waals surface area contributed by atoms with Gasteiger partial charge in [0.25, 0.3) is 0 Å². The minimum atomic E-state index is -0.0127. The van der Waals surface area contributed by atoms with Crippen molar-refractivity contribution < 1.29 is 4.79 Å². The van der Waals surface area contributed by atoms with E-state index in [-0.39, 0.29) is 12.1 Å². The van der Waals surface area contributed by atoms with Crippen molar-refractivity contribution in [1.82, 2.24) is 20.6 Å². The zero-order valence-electron chi connectivity index (χ0n) is 20.9. The Kier molecular flexibility index (Phi) is 6.62. The van der Waals surface area contributed by atoms with Gasteiger partial charge in [-0.3, -0.25) is 9.99 Å². The van der Waals surface area contributed by atoms with Crippen LogP contribution in [0.25, 0.3) is 0 Å². The molecule has 0 fully saturated rings. The van der Waals surface area contributed by atoms with Crippen LogP contribution in [0.4, 0.5) is 10.5 Å². The van der Waals surface area contributed by atoms with Crippen molar-refractivity contribution in [2.24, 2.45) is 11.8 Å². The maximum Gasteiger partial charge on any atom is 0.317 e. The van der Waals surface area contributed by atoms with Gasteiger partial charge in [-0.1, -0.05) is 42.8 Å². The highest BCUT2D eigenvalue weighted by molar-refractivity contribution is 5.74. The maximum atomic E-state index is 13.0.